The zero-order valence-corrected chi connectivity index (χ0v) is 16.9. The van der Waals surface area contributed by atoms with Gasteiger partial charge >= 0.3 is 5.97 Å². The maximum atomic E-state index is 12.9. The van der Waals surface area contributed by atoms with Crippen LogP contribution in [0.2, 0.25) is 0 Å². The number of methoxy groups -OCH3 is 1. The monoisotopic (exact) mass is 403 g/mol. The molecule has 2 rings (SSSR count). The van der Waals surface area contributed by atoms with Crippen molar-refractivity contribution in [3.8, 4) is 11.5 Å². The number of carbonyl (C=O) groups is 2. The average molecular weight is 403 g/mol. The number of rotatable bonds is 10. The molecule has 7 heteroatoms. The third-order valence-electron chi connectivity index (χ3n) is 3.95. The third kappa shape index (κ3) is 7.44. The number of benzene rings is 2. The topological polar surface area (TPSA) is 73.9 Å². The lowest BCUT2D eigenvalue weighted by molar-refractivity contribution is -0.124. The maximum Gasteiger partial charge on any atom is 0.338 e. The van der Waals surface area contributed by atoms with Gasteiger partial charge in [0.25, 0.3) is 5.91 Å². The van der Waals surface area contributed by atoms with E-state index in [4.69, 9.17) is 14.2 Å². The summed E-state index contributed by atoms with van der Waals surface area (Å²) in [7, 11) is 1.49. The number of carbonyl (C=O) groups excluding carboxylic acids is 2. The molecular formula is C22H26FNO5. The molecule has 0 heterocycles. The summed E-state index contributed by atoms with van der Waals surface area (Å²) < 4.78 is 28.8. The first-order chi connectivity index (χ1) is 13.9. The van der Waals surface area contributed by atoms with Crippen LogP contribution in [0.15, 0.2) is 42.5 Å². The van der Waals surface area contributed by atoms with E-state index >= 15 is 0 Å². The van der Waals surface area contributed by atoms with Gasteiger partial charge < -0.3 is 19.5 Å². The molecule has 0 aliphatic heterocycles. The van der Waals surface area contributed by atoms with Crippen molar-refractivity contribution in [2.24, 2.45) is 5.92 Å². The van der Waals surface area contributed by atoms with E-state index in [9.17, 15) is 14.0 Å². The van der Waals surface area contributed by atoms with Crippen LogP contribution in [0, 0.1) is 11.7 Å². The Morgan fingerprint density at radius 3 is 2.45 bits per heavy atom. The van der Waals surface area contributed by atoms with Gasteiger partial charge in [-0.05, 0) is 48.2 Å². The number of halogens is 1. The summed E-state index contributed by atoms with van der Waals surface area (Å²) in [5, 5.41) is 2.66. The van der Waals surface area contributed by atoms with Gasteiger partial charge in [-0.25, -0.2) is 9.18 Å². The van der Waals surface area contributed by atoms with Gasteiger partial charge in [0.15, 0.2) is 18.1 Å². The smallest absolute Gasteiger partial charge is 0.338 e. The van der Waals surface area contributed by atoms with Crippen molar-refractivity contribution in [2.75, 3.05) is 26.9 Å². The highest BCUT2D eigenvalue weighted by atomic mass is 19.1. The van der Waals surface area contributed by atoms with Gasteiger partial charge in [-0.1, -0.05) is 26.0 Å². The largest absolute Gasteiger partial charge is 0.493 e. The molecule has 0 unspecified atom stereocenters. The van der Waals surface area contributed by atoms with Gasteiger partial charge in [0.2, 0.25) is 0 Å². The van der Waals surface area contributed by atoms with Crippen molar-refractivity contribution in [2.45, 2.75) is 20.3 Å². The Morgan fingerprint density at radius 1 is 1.07 bits per heavy atom. The van der Waals surface area contributed by atoms with Crippen LogP contribution in [-0.4, -0.2) is 38.7 Å². The normalized spacial score (nSPS) is 10.5. The van der Waals surface area contributed by atoms with Crippen LogP contribution in [-0.2, 0) is 16.0 Å². The highest BCUT2D eigenvalue weighted by Crippen LogP contribution is 2.28. The molecule has 156 valence electrons. The molecule has 2 aromatic carbocycles. The number of ether oxygens (including phenoxy) is 3. The molecule has 0 atom stereocenters. The first kappa shape index (κ1) is 22.2. The quantitative estimate of drug-likeness (QED) is 0.616. The second kappa shape index (κ2) is 11.0. The number of amides is 1. The molecule has 0 spiro atoms. The lowest BCUT2D eigenvalue weighted by Gasteiger charge is -2.13. The minimum absolute atomic E-state index is 0.262. The molecule has 1 N–H and O–H groups in total. The van der Waals surface area contributed by atoms with Crippen molar-refractivity contribution in [1.29, 1.82) is 0 Å². The summed E-state index contributed by atoms with van der Waals surface area (Å²) in [6.07, 6.45) is 0.551. The summed E-state index contributed by atoms with van der Waals surface area (Å²) in [5.41, 5.74) is 1.16. The fourth-order valence-electron chi connectivity index (χ4n) is 2.43. The van der Waals surface area contributed by atoms with Gasteiger partial charge in [-0.2, -0.15) is 0 Å². The molecule has 0 aromatic heterocycles. The van der Waals surface area contributed by atoms with E-state index in [0.717, 1.165) is 5.56 Å². The molecule has 0 saturated carbocycles. The second-order valence-corrected chi connectivity index (χ2v) is 6.87. The fraction of sp³-hybridized carbons (Fsp3) is 0.364. The molecule has 29 heavy (non-hydrogen) atoms. The molecule has 0 bridgehead atoms. The predicted octanol–water partition coefficient (Wildman–Crippen LogP) is 3.38. The highest BCUT2D eigenvalue weighted by Gasteiger charge is 2.14. The van der Waals surface area contributed by atoms with Crippen LogP contribution in [0.1, 0.15) is 29.8 Å². The van der Waals surface area contributed by atoms with Crippen molar-refractivity contribution >= 4 is 11.9 Å². The van der Waals surface area contributed by atoms with Crippen LogP contribution < -0.4 is 14.8 Å². The van der Waals surface area contributed by atoms with E-state index in [2.05, 4.69) is 5.32 Å². The van der Waals surface area contributed by atoms with E-state index in [1.807, 2.05) is 13.8 Å². The van der Waals surface area contributed by atoms with E-state index < -0.39 is 18.5 Å². The molecule has 0 aliphatic carbocycles. The average Bonchev–Trinajstić information content (AvgIpc) is 2.71. The van der Waals surface area contributed by atoms with Crippen LogP contribution in [0.3, 0.4) is 0 Å². The number of hydrogen-bond acceptors (Lipinski definition) is 5. The van der Waals surface area contributed by atoms with E-state index in [0.29, 0.717) is 37.0 Å². The Labute approximate surface area is 170 Å². The zero-order valence-electron chi connectivity index (χ0n) is 16.9. The Balaban J connectivity index is 1.80. The number of esters is 1. The van der Waals surface area contributed by atoms with Gasteiger partial charge in [-0.3, -0.25) is 4.79 Å². The first-order valence-corrected chi connectivity index (χ1v) is 9.38. The minimum Gasteiger partial charge on any atom is -0.493 e. The predicted molar refractivity (Wildman–Crippen MR) is 107 cm³/mol. The van der Waals surface area contributed by atoms with E-state index in [1.54, 1.807) is 24.3 Å². The lowest BCUT2D eigenvalue weighted by atomic mass is 10.1. The summed E-state index contributed by atoms with van der Waals surface area (Å²) in [6.45, 7) is 4.55. The minimum atomic E-state index is -0.632. The summed E-state index contributed by atoms with van der Waals surface area (Å²) in [6, 6.07) is 10.8. The van der Waals surface area contributed by atoms with E-state index in [1.165, 1.54) is 25.3 Å². The van der Waals surface area contributed by atoms with Crippen molar-refractivity contribution in [1.82, 2.24) is 5.32 Å². The Hall–Kier alpha value is -3.09. The Bertz CT molecular complexity index is 820. The van der Waals surface area contributed by atoms with Crippen LogP contribution in [0.25, 0.3) is 0 Å². The van der Waals surface area contributed by atoms with Gasteiger partial charge in [0, 0.05) is 6.54 Å². The maximum absolute atomic E-state index is 12.9. The summed E-state index contributed by atoms with van der Waals surface area (Å²) in [4.78, 5) is 24.0. The SMILES string of the molecule is COc1cc(C(=O)OCC(=O)NCCc2ccc(F)cc2)ccc1OCC(C)C. The van der Waals surface area contributed by atoms with Crippen LogP contribution in [0.5, 0.6) is 11.5 Å². The summed E-state index contributed by atoms with van der Waals surface area (Å²) >= 11 is 0. The number of nitrogens with one attached hydrogen (secondary N) is 1. The van der Waals surface area contributed by atoms with Crippen LogP contribution >= 0.6 is 0 Å². The first-order valence-electron chi connectivity index (χ1n) is 9.38. The molecule has 1 amide bonds. The Kier molecular flexibility index (Phi) is 8.45. The van der Waals surface area contributed by atoms with Crippen molar-refractivity contribution in [3.05, 3.63) is 59.4 Å². The fourth-order valence-corrected chi connectivity index (χ4v) is 2.43. The lowest BCUT2D eigenvalue weighted by Crippen LogP contribution is -2.30. The van der Waals surface area contributed by atoms with Crippen LogP contribution in [0.4, 0.5) is 4.39 Å². The number of hydrogen-bond donors (Lipinski definition) is 1. The zero-order chi connectivity index (χ0) is 21.2. The molecule has 6 nitrogen and oxygen atoms in total. The van der Waals surface area contributed by atoms with Gasteiger partial charge in [0.05, 0.1) is 19.3 Å². The molecule has 0 aliphatic rings. The summed E-state index contributed by atoms with van der Waals surface area (Å²) in [5.74, 6) is -0.0383. The van der Waals surface area contributed by atoms with Crippen molar-refractivity contribution < 1.29 is 28.2 Å². The Morgan fingerprint density at radius 2 is 1.79 bits per heavy atom. The van der Waals surface area contributed by atoms with Gasteiger partial charge in [-0.15, -0.1) is 0 Å². The molecular weight excluding hydrogens is 377 g/mol. The van der Waals surface area contributed by atoms with E-state index in [-0.39, 0.29) is 11.4 Å². The molecule has 0 saturated heterocycles. The molecule has 0 fully saturated rings. The van der Waals surface area contributed by atoms with Crippen molar-refractivity contribution in [3.63, 3.8) is 0 Å². The molecule has 2 aromatic rings. The standard InChI is InChI=1S/C22H26FNO5/c1-15(2)13-28-19-9-6-17(12-20(19)27-3)22(26)29-14-21(25)24-11-10-16-4-7-18(23)8-5-16/h4-9,12,15H,10-11,13-14H2,1-3H3,(H,24,25). The van der Waals surface area contributed by atoms with Gasteiger partial charge in [0.1, 0.15) is 5.82 Å². The third-order valence-corrected chi connectivity index (χ3v) is 3.95. The highest BCUT2D eigenvalue weighted by molar-refractivity contribution is 5.92. The molecule has 0 radical (unpaired) electrons. The second-order valence-electron chi connectivity index (χ2n) is 6.87.